The summed E-state index contributed by atoms with van der Waals surface area (Å²) in [5.74, 6) is -0.790. The summed E-state index contributed by atoms with van der Waals surface area (Å²) in [6.45, 7) is 0. The van der Waals surface area contributed by atoms with Crippen molar-refractivity contribution < 1.29 is 9.59 Å². The van der Waals surface area contributed by atoms with Crippen LogP contribution in [0.2, 0.25) is 0 Å². The third-order valence-corrected chi connectivity index (χ3v) is 3.23. The van der Waals surface area contributed by atoms with Crippen molar-refractivity contribution in [1.82, 2.24) is 5.32 Å². The van der Waals surface area contributed by atoms with Gasteiger partial charge in [0.15, 0.2) is 0 Å². The standard InChI is InChI=1S/C16H13N3O2/c17-10-5-7-11(8-6-10)18-9-14-12-3-1-2-4-13(12)15(20)19-16(14)21/h1-9,18H,17H2,(H,19,20,21)/b14-9-. The second-order valence-electron chi connectivity index (χ2n) is 4.65. The molecule has 0 atom stereocenters. The Morgan fingerprint density at radius 2 is 1.57 bits per heavy atom. The molecule has 1 aliphatic rings. The number of benzene rings is 2. The van der Waals surface area contributed by atoms with Gasteiger partial charge < -0.3 is 11.1 Å². The Bertz CT molecular complexity index is 748. The van der Waals surface area contributed by atoms with Gasteiger partial charge in [0.2, 0.25) is 0 Å². The van der Waals surface area contributed by atoms with Crippen molar-refractivity contribution in [1.29, 1.82) is 0 Å². The Kier molecular flexibility index (Phi) is 3.16. The molecule has 0 bridgehead atoms. The van der Waals surface area contributed by atoms with Crippen molar-refractivity contribution in [3.8, 4) is 0 Å². The lowest BCUT2D eigenvalue weighted by Gasteiger charge is -2.18. The normalized spacial score (nSPS) is 15.5. The number of imide groups is 1. The Balaban J connectivity index is 1.95. The molecule has 0 fully saturated rings. The lowest BCUT2D eigenvalue weighted by Crippen LogP contribution is -2.36. The van der Waals surface area contributed by atoms with Crippen LogP contribution in [-0.4, -0.2) is 11.8 Å². The van der Waals surface area contributed by atoms with Gasteiger partial charge in [-0.1, -0.05) is 18.2 Å². The largest absolute Gasteiger partial charge is 0.399 e. The summed E-state index contributed by atoms with van der Waals surface area (Å²) in [5, 5.41) is 5.36. The van der Waals surface area contributed by atoms with Crippen LogP contribution >= 0.6 is 0 Å². The monoisotopic (exact) mass is 279 g/mol. The molecule has 0 unspecified atom stereocenters. The minimum absolute atomic E-state index is 0.375. The van der Waals surface area contributed by atoms with Crippen LogP contribution in [0.3, 0.4) is 0 Å². The van der Waals surface area contributed by atoms with Gasteiger partial charge in [0.05, 0.1) is 5.57 Å². The predicted molar refractivity (Wildman–Crippen MR) is 81.4 cm³/mol. The number of hydrogen-bond acceptors (Lipinski definition) is 4. The molecule has 3 rings (SSSR count). The number of nitrogen functional groups attached to an aromatic ring is 1. The van der Waals surface area contributed by atoms with Gasteiger partial charge in [0, 0.05) is 28.7 Å². The van der Waals surface area contributed by atoms with Crippen molar-refractivity contribution in [2.75, 3.05) is 11.1 Å². The molecule has 0 saturated heterocycles. The van der Waals surface area contributed by atoms with E-state index in [0.717, 1.165) is 5.69 Å². The van der Waals surface area contributed by atoms with Crippen molar-refractivity contribution in [3.63, 3.8) is 0 Å². The highest BCUT2D eigenvalue weighted by Gasteiger charge is 2.26. The zero-order valence-electron chi connectivity index (χ0n) is 11.1. The third kappa shape index (κ3) is 2.49. The average molecular weight is 279 g/mol. The summed E-state index contributed by atoms with van der Waals surface area (Å²) in [4.78, 5) is 23.7. The van der Waals surface area contributed by atoms with E-state index in [1.807, 2.05) is 12.1 Å². The molecule has 2 aromatic carbocycles. The average Bonchev–Trinajstić information content (AvgIpc) is 2.49. The van der Waals surface area contributed by atoms with Crippen LogP contribution < -0.4 is 16.4 Å². The van der Waals surface area contributed by atoms with Crippen molar-refractivity contribution in [3.05, 3.63) is 65.9 Å². The number of nitrogens with two attached hydrogens (primary N) is 1. The highest BCUT2D eigenvalue weighted by molar-refractivity contribution is 6.31. The topological polar surface area (TPSA) is 84.2 Å². The van der Waals surface area contributed by atoms with E-state index in [2.05, 4.69) is 10.6 Å². The van der Waals surface area contributed by atoms with Crippen molar-refractivity contribution in [2.24, 2.45) is 0 Å². The van der Waals surface area contributed by atoms with E-state index in [1.165, 1.54) is 0 Å². The smallest absolute Gasteiger partial charge is 0.260 e. The maximum absolute atomic E-state index is 12.0. The molecule has 4 N–H and O–H groups in total. The Labute approximate surface area is 121 Å². The fourth-order valence-electron chi connectivity index (χ4n) is 2.15. The molecule has 0 spiro atoms. The van der Waals surface area contributed by atoms with Gasteiger partial charge in [0.1, 0.15) is 0 Å². The molecule has 1 heterocycles. The maximum Gasteiger partial charge on any atom is 0.260 e. The van der Waals surface area contributed by atoms with Crippen molar-refractivity contribution in [2.45, 2.75) is 0 Å². The Morgan fingerprint density at radius 3 is 2.29 bits per heavy atom. The summed E-state index contributed by atoms with van der Waals surface area (Å²) in [5.41, 5.74) is 8.62. The van der Waals surface area contributed by atoms with Crippen LogP contribution in [0, 0.1) is 0 Å². The van der Waals surface area contributed by atoms with Gasteiger partial charge in [-0.3, -0.25) is 14.9 Å². The molecule has 104 valence electrons. The lowest BCUT2D eigenvalue weighted by molar-refractivity contribution is -0.114. The molecule has 1 aliphatic heterocycles. The number of amides is 2. The van der Waals surface area contributed by atoms with E-state index in [-0.39, 0.29) is 5.91 Å². The van der Waals surface area contributed by atoms with Crippen LogP contribution in [-0.2, 0) is 4.79 Å². The van der Waals surface area contributed by atoms with E-state index in [1.54, 1.807) is 42.6 Å². The van der Waals surface area contributed by atoms with Gasteiger partial charge in [-0.15, -0.1) is 0 Å². The first-order valence-electron chi connectivity index (χ1n) is 6.42. The fourth-order valence-corrected chi connectivity index (χ4v) is 2.15. The van der Waals surface area contributed by atoms with E-state index in [0.29, 0.717) is 22.4 Å². The van der Waals surface area contributed by atoms with Crippen molar-refractivity contribution >= 4 is 28.8 Å². The minimum Gasteiger partial charge on any atom is -0.399 e. The molecular formula is C16H13N3O2. The third-order valence-electron chi connectivity index (χ3n) is 3.23. The predicted octanol–water partition coefficient (Wildman–Crippen LogP) is 1.99. The lowest BCUT2D eigenvalue weighted by atomic mass is 9.96. The fraction of sp³-hybridized carbons (Fsp3) is 0. The van der Waals surface area contributed by atoms with Crippen LogP contribution in [0.4, 0.5) is 11.4 Å². The molecule has 2 aromatic rings. The second-order valence-corrected chi connectivity index (χ2v) is 4.65. The molecule has 2 amide bonds. The van der Waals surface area contributed by atoms with E-state index >= 15 is 0 Å². The quantitative estimate of drug-likeness (QED) is 0.446. The SMILES string of the molecule is Nc1ccc(N/C=C2\C(=O)NC(=O)c3ccccc32)cc1. The maximum atomic E-state index is 12.0. The summed E-state index contributed by atoms with van der Waals surface area (Å²) < 4.78 is 0. The van der Waals surface area contributed by atoms with Crippen LogP contribution in [0.5, 0.6) is 0 Å². The molecule has 0 radical (unpaired) electrons. The van der Waals surface area contributed by atoms with Crippen LogP contribution in [0.1, 0.15) is 15.9 Å². The van der Waals surface area contributed by atoms with E-state index in [4.69, 9.17) is 5.73 Å². The molecule has 0 aromatic heterocycles. The molecule has 0 aliphatic carbocycles. The molecule has 0 saturated carbocycles. The number of carbonyl (C=O) groups is 2. The first-order valence-corrected chi connectivity index (χ1v) is 6.42. The van der Waals surface area contributed by atoms with Gasteiger partial charge >= 0.3 is 0 Å². The number of hydrogen-bond donors (Lipinski definition) is 3. The zero-order valence-corrected chi connectivity index (χ0v) is 11.1. The molecule has 5 heteroatoms. The summed E-state index contributed by atoms with van der Waals surface area (Å²) in [7, 11) is 0. The van der Waals surface area contributed by atoms with Crippen LogP contribution in [0.15, 0.2) is 54.7 Å². The van der Waals surface area contributed by atoms with Gasteiger partial charge in [0.25, 0.3) is 11.8 Å². The number of fused-ring (bicyclic) bond motifs is 1. The van der Waals surface area contributed by atoms with Crippen LogP contribution in [0.25, 0.3) is 5.57 Å². The van der Waals surface area contributed by atoms with Gasteiger partial charge in [-0.05, 0) is 30.3 Å². The summed E-state index contributed by atoms with van der Waals surface area (Å²) >= 11 is 0. The van der Waals surface area contributed by atoms with Gasteiger partial charge in [-0.25, -0.2) is 0 Å². The second kappa shape index (κ2) is 5.13. The Morgan fingerprint density at radius 1 is 0.905 bits per heavy atom. The highest BCUT2D eigenvalue weighted by Crippen LogP contribution is 2.24. The summed E-state index contributed by atoms with van der Waals surface area (Å²) in [6, 6.07) is 14.1. The number of rotatable bonds is 2. The number of anilines is 2. The van der Waals surface area contributed by atoms with E-state index in [9.17, 15) is 9.59 Å². The first-order chi connectivity index (χ1) is 10.1. The van der Waals surface area contributed by atoms with E-state index < -0.39 is 5.91 Å². The molecular weight excluding hydrogens is 266 g/mol. The molecule has 21 heavy (non-hydrogen) atoms. The molecule has 5 nitrogen and oxygen atoms in total. The first kappa shape index (κ1) is 12.9. The minimum atomic E-state index is -0.415. The Hall–Kier alpha value is -3.08. The summed E-state index contributed by atoms with van der Waals surface area (Å²) in [6.07, 6.45) is 1.59. The number of carbonyl (C=O) groups excluding carboxylic acids is 2. The van der Waals surface area contributed by atoms with Gasteiger partial charge in [-0.2, -0.15) is 0 Å². The zero-order chi connectivity index (χ0) is 14.8. The highest BCUT2D eigenvalue weighted by atomic mass is 16.2. The number of nitrogens with one attached hydrogen (secondary N) is 2.